The Bertz CT molecular complexity index is 480. The van der Waals surface area contributed by atoms with Gasteiger partial charge in [0.05, 0.1) is 18.4 Å². The summed E-state index contributed by atoms with van der Waals surface area (Å²) in [6.07, 6.45) is 0.796. The van der Waals surface area contributed by atoms with Gasteiger partial charge in [-0.15, -0.1) is 0 Å². The van der Waals surface area contributed by atoms with E-state index in [1.165, 1.54) is 13.2 Å². The molecular formula is C13H17FN2O2S. The van der Waals surface area contributed by atoms with Gasteiger partial charge < -0.3 is 15.4 Å². The van der Waals surface area contributed by atoms with Crippen molar-refractivity contribution >= 4 is 28.9 Å². The number of nitrogens with zero attached hydrogens (tertiary/aromatic N) is 1. The minimum Gasteiger partial charge on any atom is -0.468 e. The van der Waals surface area contributed by atoms with Crippen molar-refractivity contribution in [2.45, 2.75) is 13.3 Å². The molecule has 0 saturated carbocycles. The number of esters is 1. The fourth-order valence-electron chi connectivity index (χ4n) is 1.80. The van der Waals surface area contributed by atoms with Crippen LogP contribution in [0.5, 0.6) is 0 Å². The first-order chi connectivity index (χ1) is 9.01. The lowest BCUT2D eigenvalue weighted by Crippen LogP contribution is -2.33. The number of benzene rings is 1. The van der Waals surface area contributed by atoms with Crippen LogP contribution in [0.15, 0.2) is 18.2 Å². The monoisotopic (exact) mass is 284 g/mol. The minimum absolute atomic E-state index is 0.0286. The fourth-order valence-corrected chi connectivity index (χ4v) is 2.00. The van der Waals surface area contributed by atoms with Gasteiger partial charge in [0.25, 0.3) is 0 Å². The lowest BCUT2D eigenvalue weighted by atomic mass is 10.1. The average molecular weight is 284 g/mol. The van der Waals surface area contributed by atoms with E-state index in [-0.39, 0.29) is 17.1 Å². The predicted octanol–water partition coefficient (Wildman–Crippen LogP) is 1.85. The molecule has 0 aliphatic rings. The Morgan fingerprint density at radius 2 is 2.21 bits per heavy atom. The topological polar surface area (TPSA) is 55.6 Å². The third-order valence-electron chi connectivity index (χ3n) is 2.62. The molecule has 1 aromatic carbocycles. The van der Waals surface area contributed by atoms with Gasteiger partial charge in [-0.05, 0) is 18.6 Å². The summed E-state index contributed by atoms with van der Waals surface area (Å²) in [5.74, 6) is -0.887. The van der Waals surface area contributed by atoms with Crippen LogP contribution in [0.25, 0.3) is 0 Å². The van der Waals surface area contributed by atoms with E-state index in [1.807, 2.05) is 6.92 Å². The summed E-state index contributed by atoms with van der Waals surface area (Å²) in [7, 11) is 1.31. The van der Waals surface area contributed by atoms with Crippen LogP contribution in [-0.2, 0) is 9.53 Å². The molecule has 0 bridgehead atoms. The number of ether oxygens (including phenoxy) is 1. The van der Waals surface area contributed by atoms with Crippen molar-refractivity contribution < 1.29 is 13.9 Å². The van der Waals surface area contributed by atoms with Crippen molar-refractivity contribution in [3.05, 3.63) is 29.6 Å². The first-order valence-electron chi connectivity index (χ1n) is 5.91. The molecule has 0 aliphatic heterocycles. The summed E-state index contributed by atoms with van der Waals surface area (Å²) in [6.45, 7) is 2.57. The van der Waals surface area contributed by atoms with Crippen molar-refractivity contribution in [3.63, 3.8) is 0 Å². The number of anilines is 1. The summed E-state index contributed by atoms with van der Waals surface area (Å²) in [4.78, 5) is 13.1. The number of halogens is 1. The van der Waals surface area contributed by atoms with E-state index in [9.17, 15) is 9.18 Å². The van der Waals surface area contributed by atoms with E-state index < -0.39 is 11.8 Å². The van der Waals surface area contributed by atoms with Crippen LogP contribution in [0.2, 0.25) is 0 Å². The molecule has 0 radical (unpaired) electrons. The van der Waals surface area contributed by atoms with E-state index in [4.69, 9.17) is 18.0 Å². The molecule has 6 heteroatoms. The molecule has 104 valence electrons. The molecule has 0 heterocycles. The SMILES string of the molecule is CCCN(CC(=O)OC)c1cccc(F)c1C(N)=S. The molecule has 0 fully saturated rings. The van der Waals surface area contributed by atoms with Crippen molar-refractivity contribution in [2.75, 3.05) is 25.1 Å². The molecular weight excluding hydrogens is 267 g/mol. The highest BCUT2D eigenvalue weighted by Crippen LogP contribution is 2.23. The Hall–Kier alpha value is -1.69. The summed E-state index contributed by atoms with van der Waals surface area (Å²) in [5.41, 5.74) is 6.24. The maximum absolute atomic E-state index is 13.8. The van der Waals surface area contributed by atoms with Crippen LogP contribution in [0.4, 0.5) is 10.1 Å². The third-order valence-corrected chi connectivity index (χ3v) is 2.82. The third kappa shape index (κ3) is 3.89. The molecule has 0 aliphatic carbocycles. The highest BCUT2D eigenvalue weighted by atomic mass is 32.1. The predicted molar refractivity (Wildman–Crippen MR) is 76.8 cm³/mol. The Morgan fingerprint density at radius 3 is 2.74 bits per heavy atom. The highest BCUT2D eigenvalue weighted by molar-refractivity contribution is 7.80. The number of nitrogens with two attached hydrogens (primary N) is 1. The minimum atomic E-state index is -0.490. The number of rotatable bonds is 6. The Morgan fingerprint density at radius 1 is 1.53 bits per heavy atom. The van der Waals surface area contributed by atoms with E-state index in [2.05, 4.69) is 4.74 Å². The quantitative estimate of drug-likeness (QED) is 0.638. The number of carbonyl (C=O) groups is 1. The van der Waals surface area contributed by atoms with Gasteiger partial charge >= 0.3 is 5.97 Å². The molecule has 1 rings (SSSR count). The zero-order valence-corrected chi connectivity index (χ0v) is 11.8. The average Bonchev–Trinajstić information content (AvgIpc) is 2.37. The second-order valence-electron chi connectivity index (χ2n) is 4.00. The molecule has 1 aromatic rings. The van der Waals surface area contributed by atoms with Crippen molar-refractivity contribution in [1.29, 1.82) is 0 Å². The molecule has 19 heavy (non-hydrogen) atoms. The second-order valence-corrected chi connectivity index (χ2v) is 4.44. The molecule has 2 N–H and O–H groups in total. The largest absolute Gasteiger partial charge is 0.468 e. The first-order valence-corrected chi connectivity index (χ1v) is 6.32. The fraction of sp³-hybridized carbons (Fsp3) is 0.385. The number of thiocarbonyl (C=S) groups is 1. The molecule has 0 atom stereocenters. The van der Waals surface area contributed by atoms with Crippen LogP contribution < -0.4 is 10.6 Å². The Labute approximate surface area is 117 Å². The van der Waals surface area contributed by atoms with Gasteiger partial charge in [0.1, 0.15) is 17.4 Å². The number of methoxy groups -OCH3 is 1. The van der Waals surface area contributed by atoms with Crippen LogP contribution in [-0.4, -0.2) is 31.2 Å². The lowest BCUT2D eigenvalue weighted by molar-refractivity contribution is -0.138. The summed E-state index contributed by atoms with van der Waals surface area (Å²) < 4.78 is 18.5. The van der Waals surface area contributed by atoms with E-state index in [1.54, 1.807) is 17.0 Å². The standard InChI is InChI=1S/C13H17FN2O2S/c1-3-7-16(8-11(17)18-2)10-6-4-5-9(14)12(10)13(15)19/h4-6H,3,7-8H2,1-2H3,(H2,15,19). The number of carbonyl (C=O) groups excluding carboxylic acids is 1. The van der Waals surface area contributed by atoms with Crippen LogP contribution in [0.3, 0.4) is 0 Å². The van der Waals surface area contributed by atoms with E-state index in [0.29, 0.717) is 12.2 Å². The highest BCUT2D eigenvalue weighted by Gasteiger charge is 2.18. The van der Waals surface area contributed by atoms with Crippen LogP contribution in [0.1, 0.15) is 18.9 Å². The zero-order chi connectivity index (χ0) is 14.4. The van der Waals surface area contributed by atoms with E-state index in [0.717, 1.165) is 6.42 Å². The van der Waals surface area contributed by atoms with Gasteiger partial charge in [-0.3, -0.25) is 4.79 Å². The number of hydrogen-bond acceptors (Lipinski definition) is 4. The van der Waals surface area contributed by atoms with Crippen molar-refractivity contribution in [1.82, 2.24) is 0 Å². The van der Waals surface area contributed by atoms with Gasteiger partial charge in [0.2, 0.25) is 0 Å². The molecule has 0 unspecified atom stereocenters. The number of hydrogen-bond donors (Lipinski definition) is 1. The molecule has 0 spiro atoms. The van der Waals surface area contributed by atoms with Gasteiger partial charge in [0, 0.05) is 6.54 Å². The smallest absolute Gasteiger partial charge is 0.325 e. The maximum atomic E-state index is 13.8. The summed E-state index contributed by atoms with van der Waals surface area (Å²) in [5, 5.41) is 0. The van der Waals surface area contributed by atoms with Crippen molar-refractivity contribution in [2.24, 2.45) is 5.73 Å². The second kappa shape index (κ2) is 7.04. The first kappa shape index (κ1) is 15.4. The molecule has 0 amide bonds. The van der Waals surface area contributed by atoms with E-state index >= 15 is 0 Å². The van der Waals surface area contributed by atoms with Crippen LogP contribution >= 0.6 is 12.2 Å². The lowest BCUT2D eigenvalue weighted by Gasteiger charge is -2.25. The van der Waals surface area contributed by atoms with Gasteiger partial charge in [-0.2, -0.15) is 0 Å². The van der Waals surface area contributed by atoms with Gasteiger partial charge in [0.15, 0.2) is 0 Å². The normalized spacial score (nSPS) is 10.1. The zero-order valence-electron chi connectivity index (χ0n) is 11.0. The molecule has 0 aromatic heterocycles. The van der Waals surface area contributed by atoms with Gasteiger partial charge in [-0.25, -0.2) is 4.39 Å². The Balaban J connectivity index is 3.18. The van der Waals surface area contributed by atoms with Crippen LogP contribution in [0, 0.1) is 5.82 Å². The summed E-state index contributed by atoms with van der Waals surface area (Å²) >= 11 is 4.88. The summed E-state index contributed by atoms with van der Waals surface area (Å²) in [6, 6.07) is 4.54. The molecule has 4 nitrogen and oxygen atoms in total. The molecule has 0 saturated heterocycles. The van der Waals surface area contributed by atoms with Gasteiger partial charge in [-0.1, -0.05) is 25.2 Å². The Kier molecular flexibility index (Phi) is 5.69. The van der Waals surface area contributed by atoms with Crippen molar-refractivity contribution in [3.8, 4) is 0 Å². The maximum Gasteiger partial charge on any atom is 0.325 e.